The average Bonchev–Trinajstić information content (AvgIpc) is 2.68. The molecule has 2 aromatic rings. The third-order valence-electron chi connectivity index (χ3n) is 4.03. The number of benzene rings is 1. The van der Waals surface area contributed by atoms with E-state index in [1.54, 1.807) is 54.5 Å². The van der Waals surface area contributed by atoms with Crippen molar-refractivity contribution in [2.45, 2.75) is 6.92 Å². The van der Waals surface area contributed by atoms with E-state index in [0.29, 0.717) is 50.0 Å². The van der Waals surface area contributed by atoms with Crippen LogP contribution in [0.4, 0.5) is 16.4 Å². The molecule has 2 heterocycles. The standard InChI is InChI=1S/C18H21N5O3/c1-2-26-18(25)21-15-6-3-5-14(13-15)16(24)22-9-11-23(12-10-22)17-19-7-4-8-20-17/h3-8,13H,2,9-12H2,1H3,(H,21,25). The molecule has 0 spiro atoms. The van der Waals surface area contributed by atoms with Crippen LogP contribution < -0.4 is 10.2 Å². The molecule has 0 saturated carbocycles. The molecule has 1 saturated heterocycles. The van der Waals surface area contributed by atoms with Crippen LogP contribution in [-0.4, -0.2) is 59.7 Å². The molecule has 1 aliphatic heterocycles. The number of ether oxygens (including phenoxy) is 1. The van der Waals surface area contributed by atoms with Crippen LogP contribution in [0.1, 0.15) is 17.3 Å². The first-order valence-corrected chi connectivity index (χ1v) is 8.52. The molecule has 1 fully saturated rings. The second kappa shape index (κ2) is 8.28. The minimum Gasteiger partial charge on any atom is -0.450 e. The van der Waals surface area contributed by atoms with E-state index in [0.717, 1.165) is 0 Å². The van der Waals surface area contributed by atoms with Crippen LogP contribution in [0.25, 0.3) is 0 Å². The second-order valence-electron chi connectivity index (χ2n) is 5.75. The van der Waals surface area contributed by atoms with E-state index in [2.05, 4.69) is 20.2 Å². The van der Waals surface area contributed by atoms with E-state index in [1.807, 2.05) is 0 Å². The van der Waals surface area contributed by atoms with E-state index in [4.69, 9.17) is 4.74 Å². The summed E-state index contributed by atoms with van der Waals surface area (Å²) in [6, 6.07) is 8.64. The van der Waals surface area contributed by atoms with Crippen molar-refractivity contribution in [2.24, 2.45) is 0 Å². The average molecular weight is 355 g/mol. The number of nitrogens with zero attached hydrogens (tertiary/aromatic N) is 4. The van der Waals surface area contributed by atoms with Crippen LogP contribution in [0.5, 0.6) is 0 Å². The fourth-order valence-corrected chi connectivity index (χ4v) is 2.76. The lowest BCUT2D eigenvalue weighted by Gasteiger charge is -2.34. The van der Waals surface area contributed by atoms with Gasteiger partial charge in [0.1, 0.15) is 0 Å². The maximum Gasteiger partial charge on any atom is 0.411 e. The molecule has 0 bridgehead atoms. The highest BCUT2D eigenvalue weighted by atomic mass is 16.5. The third-order valence-corrected chi connectivity index (χ3v) is 4.03. The van der Waals surface area contributed by atoms with Crippen LogP contribution in [-0.2, 0) is 4.74 Å². The topological polar surface area (TPSA) is 87.7 Å². The molecular formula is C18H21N5O3. The minimum atomic E-state index is -0.534. The van der Waals surface area contributed by atoms with E-state index < -0.39 is 6.09 Å². The first-order chi connectivity index (χ1) is 12.7. The van der Waals surface area contributed by atoms with Crippen molar-refractivity contribution < 1.29 is 14.3 Å². The number of hydrogen-bond donors (Lipinski definition) is 1. The zero-order chi connectivity index (χ0) is 18.4. The Morgan fingerprint density at radius 3 is 2.54 bits per heavy atom. The molecule has 3 rings (SSSR count). The summed E-state index contributed by atoms with van der Waals surface area (Å²) in [6.45, 7) is 4.56. The van der Waals surface area contributed by atoms with Gasteiger partial charge in [-0.3, -0.25) is 10.1 Å². The van der Waals surface area contributed by atoms with Gasteiger partial charge in [-0.15, -0.1) is 0 Å². The summed E-state index contributed by atoms with van der Waals surface area (Å²) in [5, 5.41) is 2.61. The van der Waals surface area contributed by atoms with Crippen molar-refractivity contribution in [3.63, 3.8) is 0 Å². The van der Waals surface area contributed by atoms with Crippen LogP contribution >= 0.6 is 0 Å². The van der Waals surface area contributed by atoms with Gasteiger partial charge in [-0.05, 0) is 31.2 Å². The Labute approximate surface area is 151 Å². The predicted molar refractivity (Wildman–Crippen MR) is 97.2 cm³/mol. The molecule has 1 N–H and O–H groups in total. The molecule has 8 nitrogen and oxygen atoms in total. The zero-order valence-electron chi connectivity index (χ0n) is 14.6. The molecule has 1 aliphatic rings. The molecule has 0 aliphatic carbocycles. The number of amides is 2. The first kappa shape index (κ1) is 17.7. The van der Waals surface area contributed by atoms with Crippen molar-refractivity contribution in [3.8, 4) is 0 Å². The van der Waals surface area contributed by atoms with Crippen molar-refractivity contribution in [3.05, 3.63) is 48.3 Å². The molecular weight excluding hydrogens is 334 g/mol. The monoisotopic (exact) mass is 355 g/mol. The number of carbonyl (C=O) groups is 2. The Balaban J connectivity index is 1.61. The van der Waals surface area contributed by atoms with Crippen molar-refractivity contribution in [1.29, 1.82) is 0 Å². The maximum absolute atomic E-state index is 12.7. The molecule has 2 amide bonds. The number of rotatable bonds is 4. The van der Waals surface area contributed by atoms with E-state index >= 15 is 0 Å². The molecule has 26 heavy (non-hydrogen) atoms. The maximum atomic E-state index is 12.7. The summed E-state index contributed by atoms with van der Waals surface area (Å²) in [4.78, 5) is 36.6. The summed E-state index contributed by atoms with van der Waals surface area (Å²) >= 11 is 0. The van der Waals surface area contributed by atoms with Gasteiger partial charge in [0.05, 0.1) is 6.61 Å². The lowest BCUT2D eigenvalue weighted by atomic mass is 10.1. The largest absolute Gasteiger partial charge is 0.450 e. The molecule has 1 aromatic carbocycles. The Bertz CT molecular complexity index is 760. The van der Waals surface area contributed by atoms with Crippen LogP contribution in [0, 0.1) is 0 Å². The number of aromatic nitrogens is 2. The summed E-state index contributed by atoms with van der Waals surface area (Å²) < 4.78 is 4.85. The van der Waals surface area contributed by atoms with Crippen molar-refractivity contribution in [1.82, 2.24) is 14.9 Å². The Morgan fingerprint density at radius 2 is 1.85 bits per heavy atom. The van der Waals surface area contributed by atoms with Crippen LogP contribution in [0.15, 0.2) is 42.7 Å². The van der Waals surface area contributed by atoms with Gasteiger partial charge in [-0.25, -0.2) is 14.8 Å². The van der Waals surface area contributed by atoms with E-state index in [1.165, 1.54) is 0 Å². The normalized spacial score (nSPS) is 14.0. The van der Waals surface area contributed by atoms with Gasteiger partial charge in [0.25, 0.3) is 5.91 Å². The lowest BCUT2D eigenvalue weighted by Crippen LogP contribution is -2.49. The Hall–Kier alpha value is -3.16. The number of anilines is 2. The molecule has 1 aromatic heterocycles. The summed E-state index contributed by atoms with van der Waals surface area (Å²) in [5.74, 6) is 0.617. The molecule has 136 valence electrons. The highest BCUT2D eigenvalue weighted by molar-refractivity contribution is 5.96. The highest BCUT2D eigenvalue weighted by Crippen LogP contribution is 2.16. The molecule has 0 atom stereocenters. The summed E-state index contributed by atoms with van der Waals surface area (Å²) in [6.07, 6.45) is 2.89. The molecule has 0 unspecified atom stereocenters. The Morgan fingerprint density at radius 1 is 1.12 bits per heavy atom. The zero-order valence-corrected chi connectivity index (χ0v) is 14.6. The minimum absolute atomic E-state index is 0.0638. The summed E-state index contributed by atoms with van der Waals surface area (Å²) in [7, 11) is 0. The number of hydrogen-bond acceptors (Lipinski definition) is 6. The SMILES string of the molecule is CCOC(=O)Nc1cccc(C(=O)N2CCN(c3ncccn3)CC2)c1. The molecule has 0 radical (unpaired) electrons. The summed E-state index contributed by atoms with van der Waals surface area (Å²) in [5.41, 5.74) is 1.06. The fraction of sp³-hybridized carbons (Fsp3) is 0.333. The lowest BCUT2D eigenvalue weighted by molar-refractivity contribution is 0.0746. The quantitative estimate of drug-likeness (QED) is 0.903. The number of nitrogens with one attached hydrogen (secondary N) is 1. The molecule has 8 heteroatoms. The van der Waals surface area contributed by atoms with E-state index in [-0.39, 0.29) is 5.91 Å². The fourth-order valence-electron chi connectivity index (χ4n) is 2.76. The number of carbonyl (C=O) groups excluding carboxylic acids is 2. The third kappa shape index (κ3) is 4.27. The van der Waals surface area contributed by atoms with Crippen LogP contribution in [0.3, 0.4) is 0 Å². The van der Waals surface area contributed by atoms with Gasteiger partial charge in [0.15, 0.2) is 0 Å². The van der Waals surface area contributed by atoms with Gasteiger partial charge < -0.3 is 14.5 Å². The second-order valence-corrected chi connectivity index (χ2v) is 5.75. The predicted octanol–water partition coefficient (Wildman–Crippen LogP) is 2.01. The van der Waals surface area contributed by atoms with Gasteiger partial charge >= 0.3 is 6.09 Å². The van der Waals surface area contributed by atoms with Crippen molar-refractivity contribution in [2.75, 3.05) is 43.0 Å². The van der Waals surface area contributed by atoms with Gasteiger partial charge in [-0.1, -0.05) is 6.07 Å². The van der Waals surface area contributed by atoms with Crippen LogP contribution in [0.2, 0.25) is 0 Å². The van der Waals surface area contributed by atoms with Crippen molar-refractivity contribution >= 4 is 23.6 Å². The number of piperazine rings is 1. The highest BCUT2D eigenvalue weighted by Gasteiger charge is 2.23. The van der Waals surface area contributed by atoms with E-state index in [9.17, 15) is 9.59 Å². The first-order valence-electron chi connectivity index (χ1n) is 8.52. The van der Waals surface area contributed by atoms with Gasteiger partial charge in [-0.2, -0.15) is 0 Å². The van der Waals surface area contributed by atoms with Gasteiger partial charge in [0.2, 0.25) is 5.95 Å². The smallest absolute Gasteiger partial charge is 0.411 e. The van der Waals surface area contributed by atoms with Gasteiger partial charge in [0, 0.05) is 49.8 Å². The Kier molecular flexibility index (Phi) is 5.62.